The molecule has 0 aliphatic heterocycles. The monoisotopic (exact) mass is 478 g/mol. The lowest BCUT2D eigenvalue weighted by molar-refractivity contribution is -0.384. The van der Waals surface area contributed by atoms with Gasteiger partial charge in [-0.1, -0.05) is 11.6 Å². The van der Waals surface area contributed by atoms with Crippen LogP contribution in [0.15, 0.2) is 60.9 Å². The number of aromatic nitrogens is 2. The lowest BCUT2D eigenvalue weighted by Gasteiger charge is -2.08. The number of amides is 1. The number of anilines is 1. The molecule has 0 radical (unpaired) electrons. The van der Waals surface area contributed by atoms with Crippen LogP contribution >= 0.6 is 11.6 Å². The van der Waals surface area contributed by atoms with E-state index in [1.165, 1.54) is 23.9 Å². The summed E-state index contributed by atoms with van der Waals surface area (Å²) in [4.78, 5) is 40.6. The summed E-state index contributed by atoms with van der Waals surface area (Å²) in [5, 5.41) is 15.0. The summed E-state index contributed by atoms with van der Waals surface area (Å²) in [6, 6.07) is 13.1. The normalized spacial score (nSPS) is 10.8. The van der Waals surface area contributed by atoms with E-state index in [-0.39, 0.29) is 23.7 Å². The lowest BCUT2D eigenvalue weighted by atomic mass is 10.1. The van der Waals surface area contributed by atoms with Crippen LogP contribution in [0.5, 0.6) is 5.75 Å². The highest BCUT2D eigenvalue weighted by Gasteiger charge is 2.23. The predicted molar refractivity (Wildman–Crippen MR) is 128 cm³/mol. The topological polar surface area (TPSA) is 116 Å². The molecule has 0 fully saturated rings. The summed E-state index contributed by atoms with van der Waals surface area (Å²) >= 11 is 5.96. The second-order valence-electron chi connectivity index (χ2n) is 7.47. The Morgan fingerprint density at radius 2 is 1.91 bits per heavy atom. The average molecular weight is 479 g/mol. The second-order valence-corrected chi connectivity index (χ2v) is 7.91. The molecule has 0 atom stereocenters. The molecule has 0 bridgehead atoms. The van der Waals surface area contributed by atoms with Crippen molar-refractivity contribution < 1.29 is 19.2 Å². The van der Waals surface area contributed by atoms with Gasteiger partial charge in [-0.2, -0.15) is 0 Å². The smallest absolute Gasteiger partial charge is 0.310 e. The molecule has 0 aliphatic carbocycles. The molecule has 10 heteroatoms. The van der Waals surface area contributed by atoms with Gasteiger partial charge in [-0.3, -0.25) is 29.3 Å². The number of nitro groups is 1. The van der Waals surface area contributed by atoms with Crippen LogP contribution in [0.25, 0.3) is 10.9 Å². The van der Waals surface area contributed by atoms with Crippen molar-refractivity contribution in [1.82, 2.24) is 9.55 Å². The molecular formula is C24H19ClN4O5. The number of rotatable bonds is 6. The molecule has 4 rings (SSSR count). The number of nitrogens with zero attached hydrogens (tertiary/aromatic N) is 3. The molecule has 0 spiro atoms. The van der Waals surface area contributed by atoms with Gasteiger partial charge in [-0.25, -0.2) is 0 Å². The molecule has 0 saturated heterocycles. The number of nitrogens with one attached hydrogen (secondary N) is 1. The summed E-state index contributed by atoms with van der Waals surface area (Å²) in [7, 11) is 1.53. The van der Waals surface area contributed by atoms with Gasteiger partial charge in [0.25, 0.3) is 5.91 Å². The Balaban J connectivity index is 1.76. The fourth-order valence-corrected chi connectivity index (χ4v) is 3.91. The van der Waals surface area contributed by atoms with E-state index in [9.17, 15) is 19.7 Å². The number of halogens is 1. The van der Waals surface area contributed by atoms with Crippen molar-refractivity contribution in [3.8, 4) is 5.75 Å². The molecule has 0 aliphatic rings. The fourth-order valence-electron chi connectivity index (χ4n) is 3.79. The first-order valence-electron chi connectivity index (χ1n) is 10.2. The standard InChI is InChI=1S/C24H19ClN4O5/c1-14-18(12-23(30)27-20-9-10-26-13-22(20)29(32)33)19-11-17(34-2)7-8-21(19)28(14)24(31)15-3-5-16(25)6-4-15/h3-11,13H,12H2,1-2H3,(H,26,27,30). The number of methoxy groups -OCH3 is 1. The maximum atomic E-state index is 13.4. The highest BCUT2D eigenvalue weighted by atomic mass is 35.5. The van der Waals surface area contributed by atoms with Crippen LogP contribution in [0.3, 0.4) is 0 Å². The van der Waals surface area contributed by atoms with Gasteiger partial charge >= 0.3 is 5.69 Å². The van der Waals surface area contributed by atoms with E-state index in [2.05, 4.69) is 10.3 Å². The minimum atomic E-state index is -0.616. The van der Waals surface area contributed by atoms with Crippen molar-refractivity contribution in [2.75, 3.05) is 12.4 Å². The summed E-state index contributed by atoms with van der Waals surface area (Å²) in [5.41, 5.74) is 1.95. The van der Waals surface area contributed by atoms with Crippen LogP contribution in [-0.2, 0) is 11.2 Å². The first kappa shape index (κ1) is 22.9. The van der Waals surface area contributed by atoms with Crippen molar-refractivity contribution >= 4 is 45.7 Å². The zero-order valence-corrected chi connectivity index (χ0v) is 19.0. The van der Waals surface area contributed by atoms with Gasteiger partial charge in [-0.15, -0.1) is 0 Å². The molecule has 2 heterocycles. The van der Waals surface area contributed by atoms with Gasteiger partial charge in [0.2, 0.25) is 5.91 Å². The van der Waals surface area contributed by atoms with Crippen molar-refractivity contribution in [2.45, 2.75) is 13.3 Å². The van der Waals surface area contributed by atoms with Crippen molar-refractivity contribution in [3.05, 3.63) is 92.9 Å². The quantitative estimate of drug-likeness (QED) is 0.315. The molecule has 0 unspecified atom stereocenters. The first-order valence-corrected chi connectivity index (χ1v) is 10.5. The Morgan fingerprint density at radius 1 is 1.18 bits per heavy atom. The molecule has 0 saturated carbocycles. The van der Waals surface area contributed by atoms with Crippen LogP contribution in [-0.4, -0.2) is 33.4 Å². The molecule has 172 valence electrons. The van der Waals surface area contributed by atoms with E-state index in [1.54, 1.807) is 49.4 Å². The molecule has 34 heavy (non-hydrogen) atoms. The molecule has 1 N–H and O–H groups in total. The number of carbonyl (C=O) groups is 2. The molecule has 1 amide bonds. The summed E-state index contributed by atoms with van der Waals surface area (Å²) in [5.74, 6) is -0.186. The van der Waals surface area contributed by atoms with Crippen LogP contribution < -0.4 is 10.1 Å². The summed E-state index contributed by atoms with van der Waals surface area (Å²) in [6.45, 7) is 1.75. The Hall–Kier alpha value is -4.24. The Kier molecular flexibility index (Phi) is 6.29. The maximum absolute atomic E-state index is 13.4. The molecule has 2 aromatic carbocycles. The third-order valence-corrected chi connectivity index (χ3v) is 5.70. The Labute approximate surface area is 199 Å². The summed E-state index contributed by atoms with van der Waals surface area (Å²) < 4.78 is 6.87. The third kappa shape index (κ3) is 4.33. The SMILES string of the molecule is COc1ccc2c(c1)c(CC(=O)Nc1ccncc1[N+](=O)[O-])c(C)n2C(=O)c1ccc(Cl)cc1. The first-order chi connectivity index (χ1) is 16.3. The van der Waals surface area contributed by atoms with Gasteiger partial charge < -0.3 is 10.1 Å². The van der Waals surface area contributed by atoms with Crippen LogP contribution in [0.4, 0.5) is 11.4 Å². The predicted octanol–water partition coefficient (Wildman–Crippen LogP) is 4.78. The highest BCUT2D eigenvalue weighted by Crippen LogP contribution is 2.31. The van der Waals surface area contributed by atoms with Crippen LogP contribution in [0.2, 0.25) is 5.02 Å². The van der Waals surface area contributed by atoms with Crippen molar-refractivity contribution in [3.63, 3.8) is 0 Å². The van der Waals surface area contributed by atoms with Crippen molar-refractivity contribution in [1.29, 1.82) is 0 Å². The van der Waals surface area contributed by atoms with Gasteiger partial charge in [0.05, 0.1) is 24.0 Å². The van der Waals surface area contributed by atoms with E-state index in [4.69, 9.17) is 16.3 Å². The molecule has 2 aromatic heterocycles. The lowest BCUT2D eigenvalue weighted by Crippen LogP contribution is -2.17. The zero-order valence-electron chi connectivity index (χ0n) is 18.2. The van der Waals surface area contributed by atoms with E-state index in [0.717, 1.165) is 6.20 Å². The number of hydrogen-bond donors (Lipinski definition) is 1. The fraction of sp³-hybridized carbons (Fsp3) is 0.125. The van der Waals surface area contributed by atoms with Crippen LogP contribution in [0.1, 0.15) is 21.6 Å². The zero-order chi connectivity index (χ0) is 24.4. The maximum Gasteiger partial charge on any atom is 0.310 e. The number of hydrogen-bond acceptors (Lipinski definition) is 6. The molecule has 9 nitrogen and oxygen atoms in total. The second kappa shape index (κ2) is 9.32. The minimum Gasteiger partial charge on any atom is -0.497 e. The van der Waals surface area contributed by atoms with Crippen molar-refractivity contribution in [2.24, 2.45) is 0 Å². The summed E-state index contributed by atoms with van der Waals surface area (Å²) in [6.07, 6.45) is 2.31. The number of carbonyl (C=O) groups excluding carboxylic acids is 2. The largest absolute Gasteiger partial charge is 0.497 e. The van der Waals surface area contributed by atoms with E-state index in [1.807, 2.05) is 0 Å². The number of pyridine rings is 1. The number of benzene rings is 2. The third-order valence-electron chi connectivity index (χ3n) is 5.44. The molecule has 4 aromatic rings. The number of ether oxygens (including phenoxy) is 1. The average Bonchev–Trinajstić information content (AvgIpc) is 3.09. The Morgan fingerprint density at radius 3 is 2.59 bits per heavy atom. The highest BCUT2D eigenvalue weighted by molar-refractivity contribution is 6.30. The van der Waals surface area contributed by atoms with Gasteiger partial charge in [0.1, 0.15) is 17.6 Å². The van der Waals surface area contributed by atoms with E-state index in [0.29, 0.717) is 38.5 Å². The van der Waals surface area contributed by atoms with Gasteiger partial charge in [0.15, 0.2) is 0 Å². The Bertz CT molecular complexity index is 1430. The molecular weight excluding hydrogens is 460 g/mol. The van der Waals surface area contributed by atoms with E-state index < -0.39 is 10.8 Å². The number of fused-ring (bicyclic) bond motifs is 1. The van der Waals surface area contributed by atoms with E-state index >= 15 is 0 Å². The van der Waals surface area contributed by atoms with Crippen LogP contribution in [0, 0.1) is 17.0 Å². The van der Waals surface area contributed by atoms with Gasteiger partial charge in [-0.05, 0) is 61.0 Å². The van der Waals surface area contributed by atoms with Gasteiger partial charge in [0, 0.05) is 27.9 Å². The minimum absolute atomic E-state index is 0.0428.